The second-order valence-electron chi connectivity index (χ2n) is 8.78. The Morgan fingerprint density at radius 3 is 2.41 bits per heavy atom. The number of carboxylic acid groups (broad SMARTS) is 1. The first-order chi connectivity index (χ1) is 17.4. The number of nitrogens with zero attached hydrogens (tertiary/aromatic N) is 4. The van der Waals surface area contributed by atoms with Crippen LogP contribution >= 0.6 is 0 Å². The molecule has 0 saturated carbocycles. The van der Waals surface area contributed by atoms with Crippen LogP contribution in [-0.4, -0.2) is 44.5 Å². The second-order valence-corrected chi connectivity index (χ2v) is 8.78. The molecule has 1 aliphatic rings. The SMILES string of the molecule is CN(/C=C(/C(=O)O)C(=O)N(C=O)C1CCc2c1cccc2C(F)(F)F)c1ccc2c(c1)n(C)c(=O)n2C. The van der Waals surface area contributed by atoms with Gasteiger partial charge in [-0.15, -0.1) is 0 Å². The van der Waals surface area contributed by atoms with Crippen LogP contribution in [0.1, 0.15) is 29.2 Å². The van der Waals surface area contributed by atoms with Crippen molar-refractivity contribution in [3.05, 3.63) is 75.3 Å². The lowest BCUT2D eigenvalue weighted by Gasteiger charge is -2.25. The molecule has 2 aromatic carbocycles. The monoisotopic (exact) mass is 516 g/mol. The normalized spacial score (nSPS) is 15.5. The lowest BCUT2D eigenvalue weighted by atomic mass is 10.0. The molecule has 1 aliphatic carbocycles. The summed E-state index contributed by atoms with van der Waals surface area (Å²) in [4.78, 5) is 51.4. The second kappa shape index (κ2) is 9.26. The number of carbonyl (C=O) groups excluding carboxylic acids is 2. The molecule has 12 heteroatoms. The van der Waals surface area contributed by atoms with Crippen molar-refractivity contribution in [2.24, 2.45) is 14.1 Å². The molecule has 1 N–H and O–H groups in total. The Morgan fingerprint density at radius 1 is 1.11 bits per heavy atom. The molecule has 37 heavy (non-hydrogen) atoms. The van der Waals surface area contributed by atoms with E-state index in [1.54, 1.807) is 32.3 Å². The molecule has 0 saturated heterocycles. The van der Waals surface area contributed by atoms with Crippen LogP contribution in [0.15, 0.2) is 53.0 Å². The molecule has 1 unspecified atom stereocenters. The Kier molecular flexibility index (Phi) is 6.44. The Morgan fingerprint density at radius 2 is 1.78 bits per heavy atom. The van der Waals surface area contributed by atoms with Crippen LogP contribution < -0.4 is 10.6 Å². The first kappa shape index (κ1) is 25.7. The number of hydrogen-bond donors (Lipinski definition) is 1. The summed E-state index contributed by atoms with van der Waals surface area (Å²) in [6, 6.07) is 7.44. The maximum atomic E-state index is 13.4. The number of amides is 2. The van der Waals surface area contributed by atoms with Gasteiger partial charge in [-0.1, -0.05) is 12.1 Å². The number of halogens is 3. The number of aromatic nitrogens is 2. The minimum atomic E-state index is -4.60. The van der Waals surface area contributed by atoms with Crippen molar-refractivity contribution >= 4 is 35.0 Å². The van der Waals surface area contributed by atoms with E-state index < -0.39 is 35.2 Å². The molecule has 2 amide bonds. The first-order valence-electron chi connectivity index (χ1n) is 11.2. The quantitative estimate of drug-likeness (QED) is 0.234. The molecule has 0 radical (unpaired) electrons. The van der Waals surface area contributed by atoms with Gasteiger partial charge in [-0.25, -0.2) is 9.59 Å². The molecule has 9 nitrogen and oxygen atoms in total. The highest BCUT2D eigenvalue weighted by molar-refractivity contribution is 6.18. The van der Waals surface area contributed by atoms with Crippen LogP contribution in [0.2, 0.25) is 0 Å². The van der Waals surface area contributed by atoms with E-state index in [1.807, 2.05) is 0 Å². The van der Waals surface area contributed by atoms with Crippen molar-refractivity contribution in [2.75, 3.05) is 11.9 Å². The topological polar surface area (TPSA) is 105 Å². The van der Waals surface area contributed by atoms with Crippen molar-refractivity contribution in [3.63, 3.8) is 0 Å². The molecule has 0 fully saturated rings. The molecule has 0 aliphatic heterocycles. The molecule has 4 rings (SSSR count). The molecule has 0 bridgehead atoms. The molecular formula is C25H23F3N4O5. The third-order valence-electron chi connectivity index (χ3n) is 6.67. The van der Waals surface area contributed by atoms with E-state index in [0.29, 0.717) is 21.6 Å². The van der Waals surface area contributed by atoms with Crippen LogP contribution in [0.4, 0.5) is 18.9 Å². The number of benzene rings is 2. The van der Waals surface area contributed by atoms with Crippen molar-refractivity contribution in [1.82, 2.24) is 14.0 Å². The van der Waals surface area contributed by atoms with Crippen molar-refractivity contribution in [3.8, 4) is 0 Å². The predicted molar refractivity (Wildman–Crippen MR) is 128 cm³/mol. The zero-order valence-corrected chi connectivity index (χ0v) is 20.1. The van der Waals surface area contributed by atoms with E-state index in [-0.39, 0.29) is 36.1 Å². The molecule has 3 aromatic rings. The summed E-state index contributed by atoms with van der Waals surface area (Å²) in [7, 11) is 4.69. The Hall–Kier alpha value is -4.35. The molecule has 1 aromatic heterocycles. The highest BCUT2D eigenvalue weighted by atomic mass is 19.4. The smallest absolute Gasteiger partial charge is 0.416 e. The van der Waals surface area contributed by atoms with Crippen LogP contribution in [0.25, 0.3) is 11.0 Å². The number of rotatable bonds is 6. The summed E-state index contributed by atoms with van der Waals surface area (Å²) in [6.07, 6.45) is -3.41. The summed E-state index contributed by atoms with van der Waals surface area (Å²) in [5.41, 5.74) is -0.0252. The third kappa shape index (κ3) is 4.39. The number of aliphatic carboxylic acids is 1. The average molecular weight is 516 g/mol. The summed E-state index contributed by atoms with van der Waals surface area (Å²) in [5, 5.41) is 9.77. The number of carboxylic acids is 1. The minimum Gasteiger partial charge on any atom is -0.477 e. The Bertz CT molecular complexity index is 1520. The van der Waals surface area contributed by atoms with E-state index in [4.69, 9.17) is 0 Å². The lowest BCUT2D eigenvalue weighted by molar-refractivity contribution is -0.142. The highest BCUT2D eigenvalue weighted by Gasteiger charge is 2.40. The lowest BCUT2D eigenvalue weighted by Crippen LogP contribution is -2.36. The van der Waals surface area contributed by atoms with Crippen molar-refractivity contribution in [1.29, 1.82) is 0 Å². The van der Waals surface area contributed by atoms with E-state index >= 15 is 0 Å². The number of aryl methyl sites for hydroxylation is 2. The number of fused-ring (bicyclic) bond motifs is 2. The van der Waals surface area contributed by atoms with Crippen molar-refractivity contribution < 1.29 is 32.7 Å². The fourth-order valence-electron chi connectivity index (χ4n) is 4.77. The molecule has 194 valence electrons. The molecule has 1 heterocycles. The summed E-state index contributed by atoms with van der Waals surface area (Å²) in [5.74, 6) is -2.77. The van der Waals surface area contributed by atoms with Gasteiger partial charge in [0.15, 0.2) is 0 Å². The van der Waals surface area contributed by atoms with Crippen LogP contribution in [-0.2, 0) is 41.1 Å². The predicted octanol–water partition coefficient (Wildman–Crippen LogP) is 2.97. The number of anilines is 1. The first-order valence-corrected chi connectivity index (χ1v) is 11.2. The van der Waals surface area contributed by atoms with Crippen LogP contribution in [0.3, 0.4) is 0 Å². The fourth-order valence-corrected chi connectivity index (χ4v) is 4.77. The largest absolute Gasteiger partial charge is 0.477 e. The van der Waals surface area contributed by atoms with E-state index in [1.165, 1.54) is 33.2 Å². The van der Waals surface area contributed by atoms with Crippen LogP contribution in [0, 0.1) is 0 Å². The van der Waals surface area contributed by atoms with Gasteiger partial charge < -0.3 is 10.0 Å². The number of imide groups is 1. The molecular weight excluding hydrogens is 493 g/mol. The number of hydrogen-bond acceptors (Lipinski definition) is 5. The summed E-state index contributed by atoms with van der Waals surface area (Å²) >= 11 is 0. The van der Waals surface area contributed by atoms with Gasteiger partial charge in [0, 0.05) is 33.0 Å². The standard InChI is InChI=1S/C25H23F3N4O5/c1-29(14-7-9-20-21(11-14)31(3)24(37)30(20)2)12-17(23(35)36)22(34)32(13-33)19-10-8-15-16(19)5-4-6-18(15)25(26,27)28/h4-7,9,11-13,19H,8,10H2,1-3H3,(H,35,36)/b17-12+. The maximum absolute atomic E-state index is 13.4. The zero-order valence-electron chi connectivity index (χ0n) is 20.1. The van der Waals surface area contributed by atoms with Gasteiger partial charge in [0.25, 0.3) is 5.91 Å². The fraction of sp³-hybridized carbons (Fsp3) is 0.280. The number of imidazole rings is 1. The van der Waals surface area contributed by atoms with E-state index in [2.05, 4.69) is 0 Å². The van der Waals surface area contributed by atoms with Crippen molar-refractivity contribution in [2.45, 2.75) is 25.1 Å². The molecule has 1 atom stereocenters. The number of alkyl halides is 3. The van der Waals surface area contributed by atoms with E-state index in [9.17, 15) is 37.5 Å². The maximum Gasteiger partial charge on any atom is 0.416 e. The van der Waals surface area contributed by atoms with Gasteiger partial charge in [-0.05, 0) is 48.2 Å². The summed E-state index contributed by atoms with van der Waals surface area (Å²) in [6.45, 7) is 0. The molecule has 0 spiro atoms. The van der Waals surface area contributed by atoms with Gasteiger partial charge in [0.1, 0.15) is 5.57 Å². The zero-order chi connectivity index (χ0) is 27.2. The van der Waals surface area contributed by atoms with Gasteiger partial charge in [0.05, 0.1) is 22.6 Å². The van der Waals surface area contributed by atoms with E-state index in [0.717, 1.165) is 12.3 Å². The van der Waals surface area contributed by atoms with Gasteiger partial charge in [-0.3, -0.25) is 23.6 Å². The van der Waals surface area contributed by atoms with Gasteiger partial charge in [-0.2, -0.15) is 13.2 Å². The minimum absolute atomic E-state index is 0.0144. The van der Waals surface area contributed by atoms with Gasteiger partial charge in [0.2, 0.25) is 6.41 Å². The Balaban J connectivity index is 1.69. The van der Waals surface area contributed by atoms with Crippen LogP contribution in [0.5, 0.6) is 0 Å². The average Bonchev–Trinajstić information content (AvgIpc) is 3.37. The summed E-state index contributed by atoms with van der Waals surface area (Å²) < 4.78 is 43.2. The highest BCUT2D eigenvalue weighted by Crippen LogP contribution is 2.42. The third-order valence-corrected chi connectivity index (χ3v) is 6.67. The number of carbonyl (C=O) groups is 3. The van der Waals surface area contributed by atoms with Gasteiger partial charge >= 0.3 is 17.8 Å². The Labute approximate surface area is 208 Å².